The molecule has 188 valence electrons. The first-order valence-electron chi connectivity index (χ1n) is 11.1. The van der Waals surface area contributed by atoms with Gasteiger partial charge >= 0.3 is 0 Å². The third-order valence-electron chi connectivity index (χ3n) is 5.06. The SMILES string of the molecule is C[C@H](NC(=O)COc1ccc(/C=N\NC(=O)CN(c2ccccc2)S(C)(=O)=O)cc1)c1ccccc1. The van der Waals surface area contributed by atoms with Crippen LogP contribution in [0.5, 0.6) is 5.75 Å². The van der Waals surface area contributed by atoms with Gasteiger partial charge in [0, 0.05) is 0 Å². The van der Waals surface area contributed by atoms with Gasteiger partial charge in [0.05, 0.1) is 24.2 Å². The van der Waals surface area contributed by atoms with Crippen LogP contribution in [0.15, 0.2) is 90.0 Å². The van der Waals surface area contributed by atoms with Crippen molar-refractivity contribution in [2.75, 3.05) is 23.7 Å². The molecule has 9 nitrogen and oxygen atoms in total. The van der Waals surface area contributed by atoms with Crippen LogP contribution in [0.25, 0.3) is 0 Å². The van der Waals surface area contributed by atoms with Crippen molar-refractivity contribution in [2.24, 2.45) is 5.10 Å². The topological polar surface area (TPSA) is 117 Å². The maximum Gasteiger partial charge on any atom is 0.260 e. The van der Waals surface area contributed by atoms with Crippen molar-refractivity contribution >= 4 is 33.7 Å². The fraction of sp³-hybridized carbons (Fsp3) is 0.192. The monoisotopic (exact) mass is 508 g/mol. The fourth-order valence-corrected chi connectivity index (χ4v) is 4.10. The third-order valence-corrected chi connectivity index (χ3v) is 6.20. The van der Waals surface area contributed by atoms with Crippen molar-refractivity contribution in [3.05, 3.63) is 96.1 Å². The summed E-state index contributed by atoms with van der Waals surface area (Å²) in [7, 11) is -3.65. The Morgan fingerprint density at radius 2 is 1.56 bits per heavy atom. The molecule has 0 saturated carbocycles. The van der Waals surface area contributed by atoms with Gasteiger partial charge in [0.15, 0.2) is 6.61 Å². The van der Waals surface area contributed by atoms with Crippen molar-refractivity contribution in [1.82, 2.24) is 10.7 Å². The predicted octanol–water partition coefficient (Wildman–Crippen LogP) is 2.86. The largest absolute Gasteiger partial charge is 0.484 e. The number of hydrogen-bond donors (Lipinski definition) is 2. The molecule has 0 radical (unpaired) electrons. The van der Waals surface area contributed by atoms with Crippen molar-refractivity contribution in [2.45, 2.75) is 13.0 Å². The minimum absolute atomic E-state index is 0.126. The predicted molar refractivity (Wildman–Crippen MR) is 139 cm³/mol. The molecule has 3 aromatic rings. The van der Waals surface area contributed by atoms with Gasteiger partial charge < -0.3 is 10.1 Å². The van der Waals surface area contributed by atoms with E-state index >= 15 is 0 Å². The van der Waals surface area contributed by atoms with Gasteiger partial charge in [0.2, 0.25) is 10.0 Å². The molecule has 0 heterocycles. The van der Waals surface area contributed by atoms with Gasteiger partial charge in [-0.2, -0.15) is 5.10 Å². The van der Waals surface area contributed by atoms with E-state index in [1.807, 2.05) is 37.3 Å². The number of nitrogens with zero attached hydrogens (tertiary/aromatic N) is 2. The van der Waals surface area contributed by atoms with E-state index in [9.17, 15) is 18.0 Å². The Kier molecular flexibility index (Phi) is 9.18. The van der Waals surface area contributed by atoms with Crippen LogP contribution in [0.1, 0.15) is 24.1 Å². The Morgan fingerprint density at radius 3 is 2.17 bits per heavy atom. The minimum atomic E-state index is -3.65. The molecular weight excluding hydrogens is 480 g/mol. The summed E-state index contributed by atoms with van der Waals surface area (Å²) in [5, 5.41) is 6.77. The number of rotatable bonds is 11. The molecule has 0 aromatic heterocycles. The molecule has 0 fully saturated rings. The summed E-state index contributed by atoms with van der Waals surface area (Å²) in [4.78, 5) is 24.4. The van der Waals surface area contributed by atoms with Crippen molar-refractivity contribution in [1.29, 1.82) is 0 Å². The number of ether oxygens (including phenoxy) is 1. The number of sulfonamides is 1. The van der Waals surface area contributed by atoms with E-state index in [-0.39, 0.29) is 18.6 Å². The van der Waals surface area contributed by atoms with E-state index in [1.165, 1.54) is 6.21 Å². The summed E-state index contributed by atoms with van der Waals surface area (Å²) in [6.07, 6.45) is 2.46. The number of amides is 2. The van der Waals surface area contributed by atoms with E-state index in [4.69, 9.17) is 4.74 Å². The lowest BCUT2D eigenvalue weighted by Gasteiger charge is -2.21. The molecule has 3 aromatic carbocycles. The van der Waals surface area contributed by atoms with Gasteiger partial charge in [-0.3, -0.25) is 13.9 Å². The smallest absolute Gasteiger partial charge is 0.260 e. The Hall–Kier alpha value is -4.18. The molecule has 0 unspecified atom stereocenters. The number of hydrazone groups is 1. The van der Waals surface area contributed by atoms with Gasteiger partial charge in [-0.15, -0.1) is 0 Å². The molecule has 1 atom stereocenters. The molecule has 2 amide bonds. The lowest BCUT2D eigenvalue weighted by Crippen LogP contribution is -2.38. The Labute approximate surface area is 210 Å². The highest BCUT2D eigenvalue weighted by atomic mass is 32.2. The van der Waals surface area contributed by atoms with Crippen LogP contribution in [-0.2, 0) is 19.6 Å². The molecule has 0 spiro atoms. The first-order chi connectivity index (χ1) is 17.2. The number of benzene rings is 3. The van der Waals surface area contributed by atoms with E-state index in [0.717, 1.165) is 16.1 Å². The van der Waals surface area contributed by atoms with Crippen LogP contribution in [0.3, 0.4) is 0 Å². The lowest BCUT2D eigenvalue weighted by atomic mass is 10.1. The molecule has 10 heteroatoms. The van der Waals surface area contributed by atoms with E-state index in [0.29, 0.717) is 17.0 Å². The van der Waals surface area contributed by atoms with Crippen LogP contribution in [-0.4, -0.2) is 45.9 Å². The normalized spacial score (nSPS) is 12.1. The molecule has 0 saturated heterocycles. The summed E-state index contributed by atoms with van der Waals surface area (Å²) < 4.78 is 30.7. The maximum atomic E-state index is 12.2. The molecule has 36 heavy (non-hydrogen) atoms. The number of anilines is 1. The summed E-state index contributed by atoms with van der Waals surface area (Å²) in [6, 6.07) is 24.6. The van der Waals surface area contributed by atoms with E-state index in [2.05, 4.69) is 15.8 Å². The second-order valence-electron chi connectivity index (χ2n) is 7.96. The number of carbonyl (C=O) groups is 2. The lowest BCUT2D eigenvalue weighted by molar-refractivity contribution is -0.123. The Bertz CT molecular complexity index is 1280. The Balaban J connectivity index is 1.46. The maximum absolute atomic E-state index is 12.2. The van der Waals surface area contributed by atoms with Crippen LogP contribution in [0.2, 0.25) is 0 Å². The molecule has 0 aliphatic heterocycles. The van der Waals surface area contributed by atoms with Crippen LogP contribution in [0.4, 0.5) is 5.69 Å². The summed E-state index contributed by atoms with van der Waals surface area (Å²) in [5.74, 6) is -0.320. The summed E-state index contributed by atoms with van der Waals surface area (Å²) in [6.45, 7) is 1.37. The molecule has 3 rings (SSSR count). The molecule has 0 aliphatic carbocycles. The average Bonchev–Trinajstić information content (AvgIpc) is 2.87. The molecule has 0 aliphatic rings. The molecular formula is C26H28N4O5S. The third kappa shape index (κ3) is 8.24. The van der Waals surface area contributed by atoms with Crippen molar-refractivity contribution in [3.8, 4) is 5.75 Å². The van der Waals surface area contributed by atoms with Gasteiger partial charge in [0.1, 0.15) is 12.3 Å². The van der Waals surface area contributed by atoms with Crippen LogP contribution >= 0.6 is 0 Å². The van der Waals surface area contributed by atoms with Crippen molar-refractivity contribution in [3.63, 3.8) is 0 Å². The highest BCUT2D eigenvalue weighted by Gasteiger charge is 2.20. The first kappa shape index (κ1) is 26.4. The molecule has 2 N–H and O–H groups in total. The van der Waals surface area contributed by atoms with Crippen molar-refractivity contribution < 1.29 is 22.7 Å². The summed E-state index contributed by atoms with van der Waals surface area (Å²) in [5.41, 5.74) is 4.40. The number of hydrogen-bond acceptors (Lipinski definition) is 6. The fourth-order valence-electron chi connectivity index (χ4n) is 3.25. The first-order valence-corrected chi connectivity index (χ1v) is 13.0. The second-order valence-corrected chi connectivity index (χ2v) is 9.86. The second kappa shape index (κ2) is 12.5. The van der Waals surface area contributed by atoms with Gasteiger partial charge in [0.25, 0.3) is 11.8 Å². The Morgan fingerprint density at radius 1 is 0.944 bits per heavy atom. The van der Waals surface area contributed by atoms with E-state index in [1.54, 1.807) is 54.6 Å². The average molecular weight is 509 g/mol. The quantitative estimate of drug-likeness (QED) is 0.305. The highest BCUT2D eigenvalue weighted by molar-refractivity contribution is 7.92. The zero-order valence-corrected chi connectivity index (χ0v) is 20.8. The van der Waals surface area contributed by atoms with Crippen LogP contribution in [0, 0.1) is 0 Å². The standard InChI is InChI=1S/C26H28N4O5S/c1-20(22-9-5-3-6-10-22)28-26(32)19-35-24-15-13-21(14-16-24)17-27-29-25(31)18-30(36(2,33)34)23-11-7-4-8-12-23/h3-17,20H,18-19H2,1-2H3,(H,28,32)(H,29,31)/b27-17-/t20-/m0/s1. The van der Waals surface area contributed by atoms with E-state index < -0.39 is 22.5 Å². The zero-order chi connectivity index (χ0) is 26.0. The van der Waals surface area contributed by atoms with Crippen LogP contribution < -0.4 is 19.8 Å². The summed E-state index contributed by atoms with van der Waals surface area (Å²) >= 11 is 0. The highest BCUT2D eigenvalue weighted by Crippen LogP contribution is 2.16. The van der Waals surface area contributed by atoms with Gasteiger partial charge in [-0.25, -0.2) is 13.8 Å². The molecule has 0 bridgehead atoms. The zero-order valence-electron chi connectivity index (χ0n) is 20.0. The van der Waals surface area contributed by atoms with Gasteiger partial charge in [-0.05, 0) is 54.4 Å². The van der Waals surface area contributed by atoms with Gasteiger partial charge in [-0.1, -0.05) is 48.5 Å². The minimum Gasteiger partial charge on any atom is -0.484 e. The number of nitrogens with one attached hydrogen (secondary N) is 2. The number of para-hydroxylation sites is 1. The number of carbonyl (C=O) groups excluding carboxylic acids is 2.